The lowest BCUT2D eigenvalue weighted by atomic mass is 10.0. The van der Waals surface area contributed by atoms with Crippen LogP contribution < -0.4 is 0 Å². The van der Waals surface area contributed by atoms with Crippen LogP contribution in [0.25, 0.3) is 0 Å². The lowest BCUT2D eigenvalue weighted by molar-refractivity contribution is -0.226. The number of carboxylic acid groups (broad SMARTS) is 1. The van der Waals surface area contributed by atoms with Crippen molar-refractivity contribution in [2.24, 2.45) is 0 Å². The van der Waals surface area contributed by atoms with Gasteiger partial charge in [0.2, 0.25) is 5.78 Å². The van der Waals surface area contributed by atoms with Gasteiger partial charge >= 0.3 is 12.1 Å². The molecule has 0 spiro atoms. The second-order valence-corrected chi connectivity index (χ2v) is 14.2. The monoisotopic (exact) mass is 420 g/mol. The second kappa shape index (κ2) is 8.45. The largest absolute Gasteiger partial charge is 0.508 e. The van der Waals surface area contributed by atoms with Crippen molar-refractivity contribution in [3.05, 3.63) is 0 Å². The second-order valence-electron chi connectivity index (χ2n) is 8.56. The summed E-state index contributed by atoms with van der Waals surface area (Å²) < 4.78 is 27.2. The van der Waals surface area contributed by atoms with Gasteiger partial charge in [-0.2, -0.15) is 0 Å². The Morgan fingerprint density at radius 2 is 1.82 bits per heavy atom. The van der Waals surface area contributed by atoms with Crippen molar-refractivity contribution in [3.8, 4) is 0 Å². The maximum Gasteiger partial charge on any atom is 0.508 e. The summed E-state index contributed by atoms with van der Waals surface area (Å²) in [5.41, 5.74) is 0. The van der Waals surface area contributed by atoms with E-state index in [9.17, 15) is 19.5 Å². The van der Waals surface area contributed by atoms with Crippen molar-refractivity contribution in [3.63, 3.8) is 0 Å². The van der Waals surface area contributed by atoms with Gasteiger partial charge in [0, 0.05) is 14.5 Å². The Kier molecular flexibility index (Phi) is 6.87. The molecule has 2 aliphatic heterocycles. The van der Waals surface area contributed by atoms with Gasteiger partial charge in [-0.15, -0.1) is 0 Å². The molecule has 10 nitrogen and oxygen atoms in total. The first-order valence-electron chi connectivity index (χ1n) is 9.08. The Morgan fingerprint density at radius 3 is 2.39 bits per heavy atom. The summed E-state index contributed by atoms with van der Waals surface area (Å²) in [5.74, 6) is -3.85. The van der Waals surface area contributed by atoms with Gasteiger partial charge in [-0.05, 0) is 19.9 Å². The highest BCUT2D eigenvalue weighted by atomic mass is 28.3. The molecule has 0 unspecified atom stereocenters. The number of ether oxygens (including phenoxy) is 5. The zero-order valence-corrected chi connectivity index (χ0v) is 17.7. The van der Waals surface area contributed by atoms with E-state index in [4.69, 9.17) is 28.8 Å². The van der Waals surface area contributed by atoms with Crippen LogP contribution in [0.15, 0.2) is 0 Å². The minimum absolute atomic E-state index is 0.198. The highest BCUT2D eigenvalue weighted by Crippen LogP contribution is 2.40. The highest BCUT2D eigenvalue weighted by molar-refractivity contribution is 6.76. The van der Waals surface area contributed by atoms with E-state index in [1.54, 1.807) is 13.8 Å². The van der Waals surface area contributed by atoms with Crippen LogP contribution in [0.4, 0.5) is 4.79 Å². The number of carbonyl (C=O) groups is 3. The zero-order chi connectivity index (χ0) is 21.3. The van der Waals surface area contributed by atoms with Gasteiger partial charge in [-0.1, -0.05) is 19.6 Å². The predicted molar refractivity (Wildman–Crippen MR) is 96.3 cm³/mol. The van der Waals surface area contributed by atoms with Crippen molar-refractivity contribution < 1.29 is 48.3 Å². The van der Waals surface area contributed by atoms with Gasteiger partial charge in [0.1, 0.15) is 6.10 Å². The molecule has 5 atom stereocenters. The number of Topliss-reactive ketones (excluding diaryl/α,β-unsaturated/α-hetero) is 1. The topological polar surface area (TPSA) is 138 Å². The molecule has 0 aromatic heterocycles. The fourth-order valence-corrected chi connectivity index (χ4v) is 3.64. The first-order valence-corrected chi connectivity index (χ1v) is 12.8. The maximum atomic E-state index is 12.1. The third-order valence-corrected chi connectivity index (χ3v) is 6.05. The Hall–Kier alpha value is -1.53. The van der Waals surface area contributed by atoms with E-state index in [1.165, 1.54) is 0 Å². The van der Waals surface area contributed by atoms with E-state index < -0.39 is 68.9 Å². The van der Waals surface area contributed by atoms with Crippen LogP contribution in [0, 0.1) is 0 Å². The molecule has 0 aromatic rings. The van der Waals surface area contributed by atoms with Crippen molar-refractivity contribution in [2.75, 3.05) is 6.61 Å². The van der Waals surface area contributed by atoms with Crippen molar-refractivity contribution >= 4 is 26.0 Å². The van der Waals surface area contributed by atoms with Crippen molar-refractivity contribution in [1.82, 2.24) is 0 Å². The number of hydrogen-bond donors (Lipinski definition) is 2. The number of aliphatic hydroxyl groups is 1. The SMILES string of the molecule is CC1(C)O[C@H]2O[C@H]([C@@H](O)CC(=O)C(=O)O)[C@H](OC(=O)OCC[Si](C)(C)C)[C@H]2O1. The molecule has 0 aromatic carbocycles. The number of fused-ring (bicyclic) bond motifs is 1. The molecular formula is C17H28O10Si. The summed E-state index contributed by atoms with van der Waals surface area (Å²) in [5, 5.41) is 19.0. The number of hydrogen-bond acceptors (Lipinski definition) is 9. The molecule has 2 heterocycles. The van der Waals surface area contributed by atoms with Gasteiger partial charge in [0.15, 0.2) is 24.3 Å². The van der Waals surface area contributed by atoms with Crippen LogP contribution in [0.3, 0.4) is 0 Å². The average Bonchev–Trinajstić information content (AvgIpc) is 2.99. The van der Waals surface area contributed by atoms with Gasteiger partial charge in [0.05, 0.1) is 12.7 Å². The molecule has 0 bridgehead atoms. The molecule has 2 fully saturated rings. The summed E-state index contributed by atoms with van der Waals surface area (Å²) in [7, 11) is -1.40. The third kappa shape index (κ3) is 5.98. The number of rotatable bonds is 8. The van der Waals surface area contributed by atoms with Crippen LogP contribution >= 0.6 is 0 Å². The quantitative estimate of drug-likeness (QED) is 0.334. The average molecular weight is 420 g/mol. The van der Waals surface area contributed by atoms with E-state index >= 15 is 0 Å². The van der Waals surface area contributed by atoms with E-state index in [1.807, 2.05) is 0 Å². The van der Waals surface area contributed by atoms with Crippen LogP contribution in [-0.4, -0.2) is 79.3 Å². The summed E-state index contributed by atoms with van der Waals surface area (Å²) in [6, 6.07) is 0.751. The molecule has 0 saturated carbocycles. The third-order valence-electron chi connectivity index (χ3n) is 4.34. The van der Waals surface area contributed by atoms with Crippen LogP contribution in [0.5, 0.6) is 0 Å². The molecule has 2 aliphatic rings. The minimum Gasteiger partial charge on any atom is -0.475 e. The molecule has 28 heavy (non-hydrogen) atoms. The summed E-state index contributed by atoms with van der Waals surface area (Å²) in [6.45, 7) is 9.90. The lowest BCUT2D eigenvalue weighted by Gasteiger charge is -2.27. The first kappa shape index (κ1) is 22.8. The van der Waals surface area contributed by atoms with Gasteiger partial charge < -0.3 is 33.9 Å². The van der Waals surface area contributed by atoms with E-state index in [0.717, 1.165) is 6.04 Å². The van der Waals surface area contributed by atoms with Crippen LogP contribution in [-0.2, 0) is 33.3 Å². The van der Waals surface area contributed by atoms with Gasteiger partial charge in [-0.3, -0.25) is 4.79 Å². The number of carboxylic acids is 1. The van der Waals surface area contributed by atoms with E-state index in [2.05, 4.69) is 19.6 Å². The highest BCUT2D eigenvalue weighted by Gasteiger charge is 2.58. The summed E-state index contributed by atoms with van der Waals surface area (Å²) >= 11 is 0. The Morgan fingerprint density at radius 1 is 1.18 bits per heavy atom. The zero-order valence-electron chi connectivity index (χ0n) is 16.7. The molecule has 2 rings (SSSR count). The molecule has 0 aliphatic carbocycles. The lowest BCUT2D eigenvalue weighted by Crippen LogP contribution is -2.45. The number of carbonyl (C=O) groups excluding carboxylic acids is 2. The molecule has 0 amide bonds. The van der Waals surface area contributed by atoms with Crippen LogP contribution in [0.2, 0.25) is 25.7 Å². The van der Waals surface area contributed by atoms with Gasteiger partial charge in [0.25, 0.3) is 0 Å². The van der Waals surface area contributed by atoms with E-state index in [-0.39, 0.29) is 6.61 Å². The van der Waals surface area contributed by atoms with Gasteiger partial charge in [-0.25, -0.2) is 9.59 Å². The van der Waals surface area contributed by atoms with Crippen LogP contribution in [0.1, 0.15) is 20.3 Å². The first-order chi connectivity index (χ1) is 12.8. The Balaban J connectivity index is 2.04. The molecule has 2 N–H and O–H groups in total. The fourth-order valence-electron chi connectivity index (χ4n) is 2.93. The van der Waals surface area contributed by atoms with E-state index in [0.29, 0.717) is 0 Å². The minimum atomic E-state index is -1.67. The van der Waals surface area contributed by atoms with Crippen molar-refractivity contribution in [2.45, 2.75) is 82.4 Å². The smallest absolute Gasteiger partial charge is 0.475 e. The molecule has 160 valence electrons. The number of aliphatic hydroxyl groups excluding tert-OH is 1. The Bertz CT molecular complexity index is 614. The normalized spacial score (nSPS) is 29.8. The Labute approximate surface area is 164 Å². The maximum absolute atomic E-state index is 12.1. The molecular weight excluding hydrogens is 392 g/mol. The van der Waals surface area contributed by atoms with Crippen molar-refractivity contribution in [1.29, 1.82) is 0 Å². The molecule has 11 heteroatoms. The summed E-state index contributed by atoms with van der Waals surface area (Å²) in [6.07, 6.45) is -7.28. The number of aliphatic carboxylic acids is 1. The summed E-state index contributed by atoms with van der Waals surface area (Å²) in [4.78, 5) is 34.3. The molecule has 2 saturated heterocycles. The standard InChI is InChI=1S/C17H28O10Si/c1-17(2)26-13-12(25-16(22)23-6-7-28(3,4)5)11(24-15(13)27-17)9(18)8-10(19)14(20)21/h9,11-13,15,18H,6-8H2,1-5H3,(H,20,21)/t9-,11+,12-,13+,15+/m0/s1. The molecule has 0 radical (unpaired) electrons. The number of ketones is 1. The fraction of sp³-hybridized carbons (Fsp3) is 0.824. The predicted octanol–water partition coefficient (Wildman–Crippen LogP) is 1.13.